The first-order valence-electron chi connectivity index (χ1n) is 24.8. The molecule has 2 heteroatoms. The number of anilines is 3. The lowest BCUT2D eigenvalue weighted by Gasteiger charge is -2.61. The Kier molecular flexibility index (Phi) is 7.77. The highest BCUT2D eigenvalue weighted by Gasteiger charge is 2.61. The molecule has 0 atom stereocenters. The molecule has 0 N–H and O–H groups in total. The molecule has 1 heterocycles. The number of hydrogen-bond acceptors (Lipinski definition) is 2. The first kappa shape index (κ1) is 38.0. The molecule has 0 aliphatic heterocycles. The summed E-state index contributed by atoms with van der Waals surface area (Å²) in [7, 11) is 0. The molecule has 16 rings (SSSR count). The van der Waals surface area contributed by atoms with Crippen LogP contribution >= 0.6 is 0 Å². The summed E-state index contributed by atoms with van der Waals surface area (Å²) in [6.07, 6.45) is 6.91. The van der Waals surface area contributed by atoms with Crippen LogP contribution in [0.3, 0.4) is 0 Å². The Morgan fingerprint density at radius 2 is 1.01 bits per heavy atom. The molecule has 0 unspecified atom stereocenters. The van der Waals surface area contributed by atoms with Crippen LogP contribution in [0.25, 0.3) is 77.2 Å². The first-order valence-corrected chi connectivity index (χ1v) is 24.8. The van der Waals surface area contributed by atoms with E-state index in [-0.39, 0.29) is 10.8 Å². The van der Waals surface area contributed by atoms with Gasteiger partial charge < -0.3 is 9.32 Å². The third kappa shape index (κ3) is 5.17. The number of hydrogen-bond donors (Lipinski definition) is 0. The maximum atomic E-state index is 6.72. The lowest BCUT2D eigenvalue weighted by Crippen LogP contribution is -2.55. The number of furan rings is 1. The second-order valence-corrected chi connectivity index (χ2v) is 21.2. The predicted molar refractivity (Wildman–Crippen MR) is 278 cm³/mol. The highest BCUT2D eigenvalue weighted by atomic mass is 16.3. The average Bonchev–Trinajstić information content (AvgIpc) is 3.97. The molecule has 9 aromatic carbocycles. The van der Waals surface area contributed by atoms with Gasteiger partial charge in [-0.3, -0.25) is 0 Å². The summed E-state index contributed by atoms with van der Waals surface area (Å²) in [5.74, 6) is 3.16. The molecular weight excluding hydrogens is 811 g/mol. The molecule has 6 aliphatic carbocycles. The molecule has 2 nitrogen and oxygen atoms in total. The summed E-state index contributed by atoms with van der Waals surface area (Å²) < 4.78 is 6.72. The van der Waals surface area contributed by atoms with Gasteiger partial charge in [-0.25, -0.2) is 0 Å². The Morgan fingerprint density at radius 1 is 0.433 bits per heavy atom. The van der Waals surface area contributed by atoms with Gasteiger partial charge >= 0.3 is 0 Å². The maximum absolute atomic E-state index is 6.72. The van der Waals surface area contributed by atoms with E-state index < -0.39 is 0 Å². The van der Waals surface area contributed by atoms with Crippen LogP contribution in [0.5, 0.6) is 0 Å². The SMILES string of the molecule is CC1(C)c2ccccc2-c2cccc(-c3cccc(N(c4cccc(-c5cccc6oc7c8ccccc8ccc7c56)c4)c4ccc5c(c4)C4(c6ccccc6-5)C5CC6CC(C5)CC4C6)c3)c21. The van der Waals surface area contributed by atoms with E-state index in [4.69, 9.17) is 4.42 Å². The van der Waals surface area contributed by atoms with Gasteiger partial charge in [0, 0.05) is 44.1 Å². The Hall–Kier alpha value is -7.16. The molecule has 322 valence electrons. The Labute approximate surface area is 392 Å². The van der Waals surface area contributed by atoms with Gasteiger partial charge in [-0.1, -0.05) is 153 Å². The van der Waals surface area contributed by atoms with Crippen LogP contribution in [0.15, 0.2) is 192 Å². The lowest BCUT2D eigenvalue weighted by molar-refractivity contribution is -0.0399. The van der Waals surface area contributed by atoms with Crippen LogP contribution in [0, 0.1) is 23.7 Å². The van der Waals surface area contributed by atoms with Crippen LogP contribution in [0.4, 0.5) is 17.1 Å². The number of nitrogens with zero attached hydrogens (tertiary/aromatic N) is 1. The van der Waals surface area contributed by atoms with Crippen molar-refractivity contribution in [1.82, 2.24) is 0 Å². The van der Waals surface area contributed by atoms with Crippen molar-refractivity contribution < 1.29 is 4.42 Å². The van der Waals surface area contributed by atoms with Gasteiger partial charge in [0.1, 0.15) is 11.2 Å². The van der Waals surface area contributed by atoms with E-state index in [1.807, 2.05) is 0 Å². The first-order chi connectivity index (χ1) is 32.9. The van der Waals surface area contributed by atoms with Gasteiger partial charge in [-0.2, -0.15) is 0 Å². The summed E-state index contributed by atoms with van der Waals surface area (Å²) in [5, 5.41) is 4.65. The molecule has 1 aromatic heterocycles. The molecule has 4 bridgehead atoms. The smallest absolute Gasteiger partial charge is 0.143 e. The van der Waals surface area contributed by atoms with E-state index in [9.17, 15) is 0 Å². The molecule has 0 amide bonds. The van der Waals surface area contributed by atoms with Crippen LogP contribution in [-0.4, -0.2) is 0 Å². The molecule has 4 fully saturated rings. The summed E-state index contributed by atoms with van der Waals surface area (Å²) in [4.78, 5) is 2.56. The standard InChI is InChI=1S/C65H51NO/c1-64(2)57-24-7-5-20-53(57)55-23-11-22-50(62(55)64)43-15-10-17-47(37-43)66(46-16-9-14-42(36-46)49-21-12-26-60-61(49)56-29-27-41-13-3-4-18-51(41)63(56)67-60)48-28-30-54-52-19-6-8-25-58(52)65(59(54)38-48)44-32-39-31-40(34-44)35-45(65)33-39/h3-30,36-40,44-45H,31-35H2,1-2H3. The number of benzene rings is 9. The zero-order valence-electron chi connectivity index (χ0n) is 38.1. The van der Waals surface area contributed by atoms with Gasteiger partial charge in [-0.05, 0) is 176 Å². The summed E-state index contributed by atoms with van der Waals surface area (Å²) in [6.45, 7) is 4.80. The van der Waals surface area contributed by atoms with Crippen molar-refractivity contribution in [2.45, 2.75) is 56.8 Å². The summed E-state index contributed by atoms with van der Waals surface area (Å²) >= 11 is 0. The van der Waals surface area contributed by atoms with Crippen LogP contribution in [0.1, 0.15) is 68.2 Å². The van der Waals surface area contributed by atoms with Crippen LogP contribution in [-0.2, 0) is 10.8 Å². The van der Waals surface area contributed by atoms with Crippen molar-refractivity contribution in [3.63, 3.8) is 0 Å². The van der Waals surface area contributed by atoms with E-state index in [2.05, 4.69) is 207 Å². The topological polar surface area (TPSA) is 16.4 Å². The second kappa shape index (κ2) is 13.7. The average molecular weight is 862 g/mol. The summed E-state index contributed by atoms with van der Waals surface area (Å²) in [6, 6.07) is 71.2. The summed E-state index contributed by atoms with van der Waals surface area (Å²) in [5.41, 5.74) is 21.8. The fourth-order valence-electron chi connectivity index (χ4n) is 15.2. The largest absolute Gasteiger partial charge is 0.455 e. The molecule has 67 heavy (non-hydrogen) atoms. The minimum Gasteiger partial charge on any atom is -0.455 e. The molecular formula is C65H51NO. The lowest BCUT2D eigenvalue weighted by atomic mass is 9.43. The molecule has 0 saturated heterocycles. The van der Waals surface area contributed by atoms with E-state index >= 15 is 0 Å². The van der Waals surface area contributed by atoms with E-state index in [1.165, 1.54) is 98.8 Å². The van der Waals surface area contributed by atoms with Crippen LogP contribution < -0.4 is 4.90 Å². The van der Waals surface area contributed by atoms with Crippen molar-refractivity contribution in [2.75, 3.05) is 4.90 Å². The second-order valence-electron chi connectivity index (χ2n) is 21.2. The van der Waals surface area contributed by atoms with Crippen molar-refractivity contribution in [2.24, 2.45) is 23.7 Å². The van der Waals surface area contributed by atoms with Gasteiger partial charge in [0.2, 0.25) is 0 Å². The molecule has 1 spiro atoms. The van der Waals surface area contributed by atoms with E-state index in [1.54, 1.807) is 11.1 Å². The van der Waals surface area contributed by atoms with Crippen molar-refractivity contribution >= 4 is 49.8 Å². The molecule has 10 aromatic rings. The zero-order chi connectivity index (χ0) is 44.2. The normalized spacial score (nSPS) is 22.4. The van der Waals surface area contributed by atoms with Crippen molar-refractivity contribution in [3.05, 3.63) is 210 Å². The quantitative estimate of drug-likeness (QED) is 0.171. The highest BCUT2D eigenvalue weighted by molar-refractivity contribution is 6.19. The molecule has 6 aliphatic rings. The molecule has 4 saturated carbocycles. The zero-order valence-corrected chi connectivity index (χ0v) is 38.1. The Bertz CT molecular complexity index is 3690. The van der Waals surface area contributed by atoms with Crippen molar-refractivity contribution in [1.29, 1.82) is 0 Å². The fraction of sp³-hybridized carbons (Fsp3) is 0.200. The van der Waals surface area contributed by atoms with Gasteiger partial charge in [0.25, 0.3) is 0 Å². The van der Waals surface area contributed by atoms with Crippen LogP contribution in [0.2, 0.25) is 0 Å². The Balaban J connectivity index is 0.939. The van der Waals surface area contributed by atoms with Gasteiger partial charge in [0.15, 0.2) is 0 Å². The third-order valence-corrected chi connectivity index (χ3v) is 17.6. The van der Waals surface area contributed by atoms with Gasteiger partial charge in [-0.15, -0.1) is 0 Å². The molecule has 0 radical (unpaired) electrons. The third-order valence-electron chi connectivity index (χ3n) is 17.6. The monoisotopic (exact) mass is 861 g/mol. The minimum atomic E-state index is -0.126. The van der Waals surface area contributed by atoms with E-state index in [0.717, 1.165) is 50.5 Å². The number of rotatable bonds is 5. The minimum absolute atomic E-state index is 0.0675. The van der Waals surface area contributed by atoms with Gasteiger partial charge in [0.05, 0.1) is 0 Å². The van der Waals surface area contributed by atoms with Crippen molar-refractivity contribution in [3.8, 4) is 44.5 Å². The Morgan fingerprint density at radius 3 is 1.79 bits per heavy atom. The maximum Gasteiger partial charge on any atom is 0.143 e. The highest BCUT2D eigenvalue weighted by Crippen LogP contribution is 2.69. The fourth-order valence-corrected chi connectivity index (χ4v) is 15.2. The predicted octanol–water partition coefficient (Wildman–Crippen LogP) is 17.6. The van der Waals surface area contributed by atoms with E-state index in [0.29, 0.717) is 11.8 Å². The number of fused-ring (bicyclic) bond motifs is 11.